The second kappa shape index (κ2) is 12.4. The molecular formula is H8NaO6PW. The number of rotatable bonds is 0. The van der Waals surface area contributed by atoms with Crippen molar-refractivity contribution in [2.75, 3.05) is 0 Å². The Bertz CT molecular complexity index is 59.2. The fraction of sp³-hybridized carbons (Fsp3) is 0. The number of phosphoric acid groups is 1. The van der Waals surface area contributed by atoms with Gasteiger partial charge in [-0.3, -0.25) is 0 Å². The molecule has 6 nitrogen and oxygen atoms in total. The van der Waals surface area contributed by atoms with Gasteiger partial charge in [-0.2, -0.15) is 0 Å². The molecule has 0 aromatic rings. The molecule has 0 bridgehead atoms. The first-order valence-corrected chi connectivity index (χ1v) is 2.35. The molecule has 0 atom stereocenters. The maximum Gasteiger partial charge on any atom is 0 e. The maximum atomic E-state index is 8.88. The largest absolute Gasteiger partial charge is 0 e. The molecule has 0 saturated heterocycles. The molecule has 9 heteroatoms. The van der Waals surface area contributed by atoms with E-state index in [9.17, 15) is 0 Å². The molecule has 7 N–H and O–H groups in total. The Balaban J connectivity index is -0.0000000133. The quantitative estimate of drug-likeness (QED) is 0.314. The summed E-state index contributed by atoms with van der Waals surface area (Å²) in [5.41, 5.74) is 0. The predicted molar refractivity (Wildman–Crippen MR) is 28.6 cm³/mol. The van der Waals surface area contributed by atoms with Crippen molar-refractivity contribution in [1.82, 2.24) is 0 Å². The zero-order valence-electron chi connectivity index (χ0n) is 3.61. The molecule has 0 amide bonds. The molecule has 0 aromatic carbocycles. The van der Waals surface area contributed by atoms with Gasteiger partial charge in [-0.15, -0.1) is 0 Å². The minimum atomic E-state index is -4.64. The first kappa shape index (κ1) is 31.0. The van der Waals surface area contributed by atoms with Crippen LogP contribution in [0.4, 0.5) is 0 Å². The fourth-order valence-corrected chi connectivity index (χ4v) is 0. The summed E-state index contributed by atoms with van der Waals surface area (Å²) in [7, 11) is -4.64. The Labute approximate surface area is 88.1 Å². The molecule has 0 unspecified atom stereocenters. The summed E-state index contributed by atoms with van der Waals surface area (Å²) in [4.78, 5) is 21.6. The van der Waals surface area contributed by atoms with Crippen molar-refractivity contribution < 1.29 is 51.3 Å². The van der Waals surface area contributed by atoms with E-state index in [-0.39, 0.29) is 61.6 Å². The molecule has 0 aliphatic heterocycles. The van der Waals surface area contributed by atoms with Crippen molar-refractivity contribution in [1.29, 1.82) is 0 Å². The summed E-state index contributed by atoms with van der Waals surface area (Å²) in [5.74, 6) is 0. The summed E-state index contributed by atoms with van der Waals surface area (Å²) < 4.78 is 8.88. The third-order valence-corrected chi connectivity index (χ3v) is 0. The Hall–Kier alpha value is 1.72. The molecular weight excluding hydrogens is 334 g/mol. The smallest absolute Gasteiger partial charge is 0 e. The van der Waals surface area contributed by atoms with Gasteiger partial charge in [0.25, 0.3) is 0 Å². The van der Waals surface area contributed by atoms with Crippen LogP contribution in [0.2, 0.25) is 0 Å². The Morgan fingerprint density at radius 3 is 1.00 bits per heavy atom. The van der Waals surface area contributed by atoms with E-state index in [4.69, 9.17) is 19.2 Å². The first-order valence-electron chi connectivity index (χ1n) is 0.783. The minimum Gasteiger partial charge on any atom is 0 e. The normalized spacial score (nSPS) is 6.56. The van der Waals surface area contributed by atoms with Gasteiger partial charge in [-0.25, -0.2) is 4.57 Å². The summed E-state index contributed by atoms with van der Waals surface area (Å²) in [6.07, 6.45) is 0. The van der Waals surface area contributed by atoms with E-state index in [1.807, 2.05) is 0 Å². The molecule has 0 aliphatic carbocycles. The van der Waals surface area contributed by atoms with Crippen LogP contribution in [-0.2, 0) is 25.6 Å². The van der Waals surface area contributed by atoms with Gasteiger partial charge < -0.3 is 25.6 Å². The number of hydrogen-bond donors (Lipinski definition) is 3. The summed E-state index contributed by atoms with van der Waals surface area (Å²) in [6.45, 7) is 0. The molecule has 9 heavy (non-hydrogen) atoms. The Morgan fingerprint density at radius 2 is 1.00 bits per heavy atom. The molecule has 0 saturated carbocycles. The van der Waals surface area contributed by atoms with Crippen LogP contribution >= 0.6 is 7.82 Å². The van der Waals surface area contributed by atoms with Crippen LogP contribution in [0.25, 0.3) is 0 Å². The van der Waals surface area contributed by atoms with E-state index in [1.54, 1.807) is 0 Å². The van der Waals surface area contributed by atoms with Gasteiger partial charge in [-0.1, -0.05) is 0 Å². The summed E-state index contributed by atoms with van der Waals surface area (Å²) >= 11 is 0. The fourth-order valence-electron chi connectivity index (χ4n) is 0. The van der Waals surface area contributed by atoms with Crippen LogP contribution in [0.15, 0.2) is 0 Å². The van der Waals surface area contributed by atoms with Gasteiger partial charge in [0.1, 0.15) is 0 Å². The van der Waals surface area contributed by atoms with Crippen molar-refractivity contribution in [3.63, 3.8) is 0 Å². The Morgan fingerprint density at radius 1 is 1.00 bits per heavy atom. The van der Waals surface area contributed by atoms with Crippen LogP contribution in [-0.4, -0.2) is 55.2 Å². The van der Waals surface area contributed by atoms with Gasteiger partial charge in [0.2, 0.25) is 0 Å². The average molecular weight is 342 g/mol. The zero-order chi connectivity index (χ0) is 4.50. The van der Waals surface area contributed by atoms with Crippen LogP contribution < -0.4 is 0 Å². The zero-order valence-corrected chi connectivity index (χ0v) is 7.43. The Kier molecular flexibility index (Phi) is 42.7. The molecule has 0 aromatic heterocycles. The molecule has 0 heterocycles. The predicted octanol–water partition coefficient (Wildman–Crippen LogP) is -3.23. The van der Waals surface area contributed by atoms with E-state index < -0.39 is 7.82 Å². The molecule has 0 spiro atoms. The second-order valence-electron chi connectivity index (χ2n) is 0.513. The standard InChI is InChI=1S/Na.H3O4P.2H2O.W.H/c;1-5(2,3)4;;;;/h;(H3,1,2,3,4);2*1H2;;. The van der Waals surface area contributed by atoms with Gasteiger partial charge in [0.05, 0.1) is 0 Å². The van der Waals surface area contributed by atoms with Crippen molar-refractivity contribution in [2.45, 2.75) is 0 Å². The topological polar surface area (TPSA) is 141 Å². The van der Waals surface area contributed by atoms with Crippen molar-refractivity contribution in [3.05, 3.63) is 0 Å². The van der Waals surface area contributed by atoms with E-state index in [2.05, 4.69) is 0 Å². The van der Waals surface area contributed by atoms with Gasteiger partial charge in [0, 0.05) is 21.1 Å². The van der Waals surface area contributed by atoms with E-state index in [0.717, 1.165) is 0 Å². The molecule has 0 fully saturated rings. The van der Waals surface area contributed by atoms with E-state index in [1.165, 1.54) is 0 Å². The summed E-state index contributed by atoms with van der Waals surface area (Å²) in [5, 5.41) is 0. The van der Waals surface area contributed by atoms with E-state index >= 15 is 0 Å². The molecule has 0 radical (unpaired) electrons. The van der Waals surface area contributed by atoms with Gasteiger partial charge in [0.15, 0.2) is 0 Å². The van der Waals surface area contributed by atoms with Crippen LogP contribution in [0, 0.1) is 0 Å². The second-order valence-corrected chi connectivity index (χ2v) is 1.54. The van der Waals surface area contributed by atoms with Gasteiger partial charge in [-0.05, 0) is 0 Å². The number of hydrogen-bond acceptors (Lipinski definition) is 1. The molecule has 0 rings (SSSR count). The van der Waals surface area contributed by atoms with Crippen LogP contribution in [0.1, 0.15) is 0 Å². The molecule has 0 aliphatic rings. The van der Waals surface area contributed by atoms with E-state index in [0.29, 0.717) is 0 Å². The first-order chi connectivity index (χ1) is 2.00. The van der Waals surface area contributed by atoms with Crippen LogP contribution in [0.3, 0.4) is 0 Å². The SMILES string of the molecule is O.O.O=P(O)(O)O.[NaH].[W]. The van der Waals surface area contributed by atoms with Crippen molar-refractivity contribution >= 4 is 37.4 Å². The third kappa shape index (κ3) is 196. The third-order valence-electron chi connectivity index (χ3n) is 0. The summed E-state index contributed by atoms with van der Waals surface area (Å²) in [6, 6.07) is 0. The van der Waals surface area contributed by atoms with Crippen LogP contribution in [0.5, 0.6) is 0 Å². The average Bonchev–Trinajstić information content (AvgIpc) is 0.722. The maximum absolute atomic E-state index is 8.88. The molecule has 56 valence electrons. The van der Waals surface area contributed by atoms with Crippen molar-refractivity contribution in [2.24, 2.45) is 0 Å². The van der Waals surface area contributed by atoms with Gasteiger partial charge >= 0.3 is 37.4 Å². The minimum absolute atomic E-state index is 0. The monoisotopic (exact) mass is 342 g/mol. The van der Waals surface area contributed by atoms with Crippen molar-refractivity contribution in [3.8, 4) is 0 Å².